The minimum Gasteiger partial charge on any atom is -0.480 e. The molecule has 1 unspecified atom stereocenters. The van der Waals surface area contributed by atoms with Gasteiger partial charge in [0.1, 0.15) is 18.1 Å². The maximum Gasteiger partial charge on any atom is 0.323 e. The van der Waals surface area contributed by atoms with Crippen molar-refractivity contribution in [2.24, 2.45) is 12.0 Å². The molecule has 1 aliphatic heterocycles. The van der Waals surface area contributed by atoms with Gasteiger partial charge in [0.15, 0.2) is 0 Å². The Balaban J connectivity index is 1.53. The van der Waals surface area contributed by atoms with E-state index in [4.69, 9.17) is 0 Å². The zero-order chi connectivity index (χ0) is 25.4. The number of aliphatic imine (C=N–C) groups is 1. The molecular weight excluding hydrogens is 463 g/mol. The standard InChI is InChI=1S/C27H21FN4O4/c1-31-21-11-10-18(28)12-17(21)13-23(31)26(35)30-25-27(36)32(15-24(33)34)22-9-5-8-19(20(22)14-29-25)16-6-3-2-4-7-16/h2-14,25H,15H2,1H3,(H,30,35)(H,33,34). The maximum absolute atomic E-state index is 13.7. The molecule has 5 rings (SSSR count). The summed E-state index contributed by atoms with van der Waals surface area (Å²) >= 11 is 0. The molecule has 0 radical (unpaired) electrons. The van der Waals surface area contributed by atoms with Crippen molar-refractivity contribution in [3.05, 3.63) is 89.9 Å². The second-order valence-corrected chi connectivity index (χ2v) is 8.37. The molecule has 2 N–H and O–H groups in total. The number of anilines is 1. The third-order valence-electron chi connectivity index (χ3n) is 6.11. The molecule has 0 aliphatic carbocycles. The lowest BCUT2D eigenvalue weighted by molar-refractivity contribution is -0.136. The van der Waals surface area contributed by atoms with Crippen molar-refractivity contribution in [2.45, 2.75) is 6.17 Å². The quantitative estimate of drug-likeness (QED) is 0.452. The van der Waals surface area contributed by atoms with Crippen molar-refractivity contribution in [2.75, 3.05) is 11.4 Å². The zero-order valence-electron chi connectivity index (χ0n) is 19.2. The SMILES string of the molecule is Cn1c(C(=O)NC2N=Cc3c(-c4ccccc4)cccc3N(CC(=O)O)C2=O)cc2cc(F)ccc21. The van der Waals surface area contributed by atoms with E-state index < -0.39 is 36.3 Å². The number of fused-ring (bicyclic) bond motifs is 2. The van der Waals surface area contributed by atoms with Gasteiger partial charge in [-0.1, -0.05) is 42.5 Å². The molecule has 0 saturated carbocycles. The molecular formula is C27H21FN4O4. The fourth-order valence-corrected chi connectivity index (χ4v) is 4.41. The molecule has 1 aromatic heterocycles. The average Bonchev–Trinajstić information content (AvgIpc) is 3.13. The number of amides is 2. The van der Waals surface area contributed by atoms with Crippen LogP contribution in [0, 0.1) is 5.82 Å². The summed E-state index contributed by atoms with van der Waals surface area (Å²) in [6.07, 6.45) is 0.127. The van der Waals surface area contributed by atoms with Crippen LogP contribution in [0.3, 0.4) is 0 Å². The lowest BCUT2D eigenvalue weighted by atomic mass is 9.98. The van der Waals surface area contributed by atoms with Crippen molar-refractivity contribution < 1.29 is 23.9 Å². The van der Waals surface area contributed by atoms with E-state index in [1.807, 2.05) is 36.4 Å². The third-order valence-corrected chi connectivity index (χ3v) is 6.11. The summed E-state index contributed by atoms with van der Waals surface area (Å²) < 4.78 is 15.2. The predicted octanol–water partition coefficient (Wildman–Crippen LogP) is 3.59. The number of nitrogens with one attached hydrogen (secondary N) is 1. The van der Waals surface area contributed by atoms with Crippen LogP contribution in [0.15, 0.2) is 77.8 Å². The van der Waals surface area contributed by atoms with E-state index in [2.05, 4.69) is 10.3 Å². The number of hydrogen-bond donors (Lipinski definition) is 2. The van der Waals surface area contributed by atoms with E-state index in [9.17, 15) is 23.9 Å². The van der Waals surface area contributed by atoms with E-state index in [1.54, 1.807) is 29.8 Å². The molecule has 36 heavy (non-hydrogen) atoms. The molecule has 3 aromatic carbocycles. The van der Waals surface area contributed by atoms with Crippen LogP contribution in [0.1, 0.15) is 16.1 Å². The molecule has 2 amide bonds. The summed E-state index contributed by atoms with van der Waals surface area (Å²) in [5, 5.41) is 12.7. The van der Waals surface area contributed by atoms with Crippen LogP contribution in [0.5, 0.6) is 0 Å². The first-order valence-electron chi connectivity index (χ1n) is 11.1. The Bertz CT molecular complexity index is 1540. The smallest absolute Gasteiger partial charge is 0.323 e. The first-order chi connectivity index (χ1) is 17.3. The average molecular weight is 484 g/mol. The highest BCUT2D eigenvalue weighted by Gasteiger charge is 2.32. The van der Waals surface area contributed by atoms with Crippen LogP contribution >= 0.6 is 0 Å². The van der Waals surface area contributed by atoms with Crippen molar-refractivity contribution in [3.8, 4) is 11.1 Å². The minimum atomic E-state index is -1.36. The van der Waals surface area contributed by atoms with Gasteiger partial charge in [-0.3, -0.25) is 24.3 Å². The second-order valence-electron chi connectivity index (χ2n) is 8.37. The molecule has 0 spiro atoms. The van der Waals surface area contributed by atoms with E-state index in [0.29, 0.717) is 22.2 Å². The number of halogens is 1. The van der Waals surface area contributed by atoms with Crippen LogP contribution in [-0.4, -0.2) is 46.4 Å². The Morgan fingerprint density at radius 3 is 2.58 bits per heavy atom. The van der Waals surface area contributed by atoms with E-state index in [1.165, 1.54) is 24.4 Å². The first kappa shape index (κ1) is 23.0. The molecule has 9 heteroatoms. The number of hydrogen-bond acceptors (Lipinski definition) is 4. The number of benzodiazepines with no additional fused rings is 1. The Morgan fingerprint density at radius 2 is 1.83 bits per heavy atom. The Hall–Kier alpha value is -4.79. The molecule has 4 aromatic rings. The Labute approximate surface area is 205 Å². The highest BCUT2D eigenvalue weighted by Crippen LogP contribution is 2.32. The van der Waals surface area contributed by atoms with Gasteiger partial charge in [0.2, 0.25) is 6.17 Å². The van der Waals surface area contributed by atoms with Gasteiger partial charge in [0, 0.05) is 29.7 Å². The van der Waals surface area contributed by atoms with E-state index >= 15 is 0 Å². The monoisotopic (exact) mass is 484 g/mol. The molecule has 1 aliphatic rings. The minimum absolute atomic E-state index is 0.204. The fourth-order valence-electron chi connectivity index (χ4n) is 4.41. The van der Waals surface area contributed by atoms with Crippen LogP contribution in [0.2, 0.25) is 0 Å². The number of benzene rings is 3. The first-order valence-corrected chi connectivity index (χ1v) is 11.1. The number of rotatable bonds is 5. The number of aromatic nitrogens is 1. The predicted molar refractivity (Wildman–Crippen MR) is 134 cm³/mol. The summed E-state index contributed by atoms with van der Waals surface area (Å²) in [5.74, 6) is -2.92. The normalized spacial score (nSPS) is 15.0. The second kappa shape index (κ2) is 9.10. The number of carbonyl (C=O) groups is 3. The van der Waals surface area contributed by atoms with Crippen molar-refractivity contribution >= 4 is 40.6 Å². The van der Waals surface area contributed by atoms with Gasteiger partial charge < -0.3 is 15.0 Å². The summed E-state index contributed by atoms with van der Waals surface area (Å²) in [6.45, 7) is -0.604. The van der Waals surface area contributed by atoms with Crippen molar-refractivity contribution in [1.29, 1.82) is 0 Å². The molecule has 180 valence electrons. The molecule has 0 fully saturated rings. The van der Waals surface area contributed by atoms with Gasteiger partial charge >= 0.3 is 5.97 Å². The van der Waals surface area contributed by atoms with Gasteiger partial charge in [0.05, 0.1) is 5.69 Å². The van der Waals surface area contributed by atoms with Gasteiger partial charge in [-0.15, -0.1) is 0 Å². The van der Waals surface area contributed by atoms with Gasteiger partial charge in [-0.05, 0) is 41.5 Å². The largest absolute Gasteiger partial charge is 0.480 e. The Kier molecular flexibility index (Phi) is 5.81. The summed E-state index contributed by atoms with van der Waals surface area (Å²) in [7, 11) is 1.66. The molecule has 0 bridgehead atoms. The highest BCUT2D eigenvalue weighted by atomic mass is 19.1. The maximum atomic E-state index is 13.7. The molecule has 1 atom stereocenters. The molecule has 2 heterocycles. The lowest BCUT2D eigenvalue weighted by Gasteiger charge is -2.24. The van der Waals surface area contributed by atoms with E-state index in [0.717, 1.165) is 16.0 Å². The highest BCUT2D eigenvalue weighted by molar-refractivity contribution is 6.11. The Morgan fingerprint density at radius 1 is 1.06 bits per heavy atom. The van der Waals surface area contributed by atoms with Crippen LogP contribution < -0.4 is 10.2 Å². The van der Waals surface area contributed by atoms with Gasteiger partial charge in [-0.25, -0.2) is 4.39 Å². The number of carbonyl (C=O) groups excluding carboxylic acids is 2. The van der Waals surface area contributed by atoms with E-state index in [-0.39, 0.29) is 5.69 Å². The number of aryl methyl sites for hydroxylation is 1. The summed E-state index contributed by atoms with van der Waals surface area (Å²) in [5.41, 5.74) is 3.43. The van der Waals surface area contributed by atoms with Gasteiger partial charge in [0.25, 0.3) is 11.8 Å². The van der Waals surface area contributed by atoms with Gasteiger partial charge in [-0.2, -0.15) is 0 Å². The fraction of sp³-hybridized carbons (Fsp3) is 0.111. The molecule has 0 saturated heterocycles. The van der Waals surface area contributed by atoms with Crippen molar-refractivity contribution in [1.82, 2.24) is 9.88 Å². The number of aliphatic carboxylic acids is 1. The van der Waals surface area contributed by atoms with Crippen LogP contribution in [0.4, 0.5) is 10.1 Å². The summed E-state index contributed by atoms with van der Waals surface area (Å²) in [6, 6.07) is 20.4. The summed E-state index contributed by atoms with van der Waals surface area (Å²) in [4.78, 5) is 43.7. The molecule has 8 nitrogen and oxygen atoms in total. The van der Waals surface area contributed by atoms with Crippen LogP contribution in [-0.2, 0) is 16.6 Å². The topological polar surface area (TPSA) is 104 Å². The third kappa shape index (κ3) is 4.11. The number of carboxylic acids is 1. The number of nitrogens with zero attached hydrogens (tertiary/aromatic N) is 3. The van der Waals surface area contributed by atoms with Crippen molar-refractivity contribution in [3.63, 3.8) is 0 Å². The van der Waals surface area contributed by atoms with Crippen LogP contribution in [0.25, 0.3) is 22.0 Å². The number of carboxylic acid groups (broad SMARTS) is 1. The lowest BCUT2D eigenvalue weighted by Crippen LogP contribution is -2.49. The zero-order valence-corrected chi connectivity index (χ0v) is 19.2.